The lowest BCUT2D eigenvalue weighted by atomic mass is 10.1. The Morgan fingerprint density at radius 2 is 2.12 bits per heavy atom. The van der Waals surface area contributed by atoms with Crippen molar-refractivity contribution in [3.63, 3.8) is 0 Å². The van der Waals surface area contributed by atoms with Gasteiger partial charge in [0.15, 0.2) is 0 Å². The van der Waals surface area contributed by atoms with E-state index in [4.69, 9.17) is 5.11 Å². The van der Waals surface area contributed by atoms with Gasteiger partial charge in [-0.3, -0.25) is 14.7 Å². The molecule has 0 aliphatic heterocycles. The second-order valence-electron chi connectivity index (χ2n) is 4.06. The molecule has 0 saturated carbocycles. The Bertz CT molecular complexity index is 534. The van der Waals surface area contributed by atoms with E-state index in [2.05, 4.69) is 4.98 Å². The van der Waals surface area contributed by atoms with E-state index in [9.17, 15) is 4.79 Å². The minimum atomic E-state index is -0.819. The standard InChI is InChI=1S/C13H14N2O2/c1-15(9-12(16)17)8-11-5-2-4-10-6-3-7-14-13(10)11/h2-7H,8-9H2,1H3,(H,16,17). The number of carbonyl (C=O) groups is 1. The number of hydrogen-bond donors (Lipinski definition) is 1. The van der Waals surface area contributed by atoms with Crippen LogP contribution in [0.3, 0.4) is 0 Å². The molecule has 1 heterocycles. The number of carboxylic acid groups (broad SMARTS) is 1. The van der Waals surface area contributed by atoms with Gasteiger partial charge >= 0.3 is 5.97 Å². The molecule has 2 aromatic rings. The van der Waals surface area contributed by atoms with Crippen molar-refractivity contribution < 1.29 is 9.90 Å². The molecule has 0 radical (unpaired) electrons. The molecule has 1 aromatic carbocycles. The highest BCUT2D eigenvalue weighted by molar-refractivity contribution is 5.81. The predicted octanol–water partition coefficient (Wildman–Crippen LogP) is 1.75. The number of para-hydroxylation sites is 1. The van der Waals surface area contributed by atoms with E-state index in [1.165, 1.54) is 0 Å². The summed E-state index contributed by atoms with van der Waals surface area (Å²) in [6.45, 7) is 0.615. The van der Waals surface area contributed by atoms with Crippen molar-refractivity contribution in [3.05, 3.63) is 42.1 Å². The molecule has 0 fully saturated rings. The number of nitrogens with zero attached hydrogens (tertiary/aromatic N) is 2. The molecule has 0 amide bonds. The number of rotatable bonds is 4. The minimum Gasteiger partial charge on any atom is -0.480 e. The summed E-state index contributed by atoms with van der Waals surface area (Å²) in [6, 6.07) is 9.85. The van der Waals surface area contributed by atoms with Gasteiger partial charge in [-0.05, 0) is 18.7 Å². The van der Waals surface area contributed by atoms with Crippen molar-refractivity contribution in [1.82, 2.24) is 9.88 Å². The Balaban J connectivity index is 2.26. The summed E-state index contributed by atoms with van der Waals surface area (Å²) in [7, 11) is 1.79. The van der Waals surface area contributed by atoms with Crippen LogP contribution in [0.5, 0.6) is 0 Å². The van der Waals surface area contributed by atoms with Crippen molar-refractivity contribution in [2.75, 3.05) is 13.6 Å². The highest BCUT2D eigenvalue weighted by Gasteiger charge is 2.07. The number of fused-ring (bicyclic) bond motifs is 1. The number of likely N-dealkylation sites (N-methyl/N-ethyl adjacent to an activating group) is 1. The highest BCUT2D eigenvalue weighted by atomic mass is 16.4. The van der Waals surface area contributed by atoms with Gasteiger partial charge in [-0.2, -0.15) is 0 Å². The van der Waals surface area contributed by atoms with E-state index >= 15 is 0 Å². The molecule has 4 heteroatoms. The molecule has 0 saturated heterocycles. The van der Waals surface area contributed by atoms with Gasteiger partial charge in [0, 0.05) is 18.1 Å². The van der Waals surface area contributed by atoms with Crippen molar-refractivity contribution >= 4 is 16.9 Å². The second-order valence-corrected chi connectivity index (χ2v) is 4.06. The lowest BCUT2D eigenvalue weighted by Crippen LogP contribution is -2.25. The van der Waals surface area contributed by atoms with Crippen LogP contribution in [-0.4, -0.2) is 34.6 Å². The SMILES string of the molecule is CN(CC(=O)O)Cc1cccc2cccnc12. The fraction of sp³-hybridized carbons (Fsp3) is 0.231. The molecule has 0 aliphatic carbocycles. The summed E-state index contributed by atoms with van der Waals surface area (Å²) in [4.78, 5) is 16.7. The first-order valence-corrected chi connectivity index (χ1v) is 5.40. The summed E-state index contributed by atoms with van der Waals surface area (Å²) >= 11 is 0. The van der Waals surface area contributed by atoms with E-state index in [-0.39, 0.29) is 6.54 Å². The van der Waals surface area contributed by atoms with E-state index in [0.717, 1.165) is 16.5 Å². The monoisotopic (exact) mass is 230 g/mol. The lowest BCUT2D eigenvalue weighted by molar-refractivity contribution is -0.138. The van der Waals surface area contributed by atoms with Gasteiger partial charge in [0.1, 0.15) is 0 Å². The molecule has 0 unspecified atom stereocenters. The molecule has 2 rings (SSSR count). The molecule has 1 aromatic heterocycles. The maximum atomic E-state index is 10.6. The smallest absolute Gasteiger partial charge is 0.317 e. The summed E-state index contributed by atoms with van der Waals surface area (Å²) in [5.74, 6) is -0.819. The Kier molecular flexibility index (Phi) is 3.35. The van der Waals surface area contributed by atoms with E-state index in [1.54, 1.807) is 18.1 Å². The van der Waals surface area contributed by atoms with Crippen LogP contribution in [0, 0.1) is 0 Å². The van der Waals surface area contributed by atoms with Crippen molar-refractivity contribution in [2.24, 2.45) is 0 Å². The van der Waals surface area contributed by atoms with Gasteiger partial charge < -0.3 is 5.11 Å². The zero-order valence-electron chi connectivity index (χ0n) is 9.63. The number of aromatic nitrogens is 1. The fourth-order valence-electron chi connectivity index (χ4n) is 1.87. The van der Waals surface area contributed by atoms with E-state index in [1.807, 2.05) is 30.3 Å². The van der Waals surface area contributed by atoms with Crippen LogP contribution >= 0.6 is 0 Å². The normalized spacial score (nSPS) is 10.9. The molecule has 88 valence electrons. The van der Waals surface area contributed by atoms with Crippen molar-refractivity contribution in [1.29, 1.82) is 0 Å². The van der Waals surface area contributed by atoms with Gasteiger partial charge in [-0.25, -0.2) is 0 Å². The van der Waals surface area contributed by atoms with Crippen LogP contribution in [-0.2, 0) is 11.3 Å². The Labute approximate surface area is 99.5 Å². The highest BCUT2D eigenvalue weighted by Crippen LogP contribution is 2.16. The Hall–Kier alpha value is -1.94. The number of hydrogen-bond acceptors (Lipinski definition) is 3. The van der Waals surface area contributed by atoms with Gasteiger partial charge in [-0.1, -0.05) is 24.3 Å². The first-order valence-electron chi connectivity index (χ1n) is 5.40. The van der Waals surface area contributed by atoms with Crippen molar-refractivity contribution in [2.45, 2.75) is 6.54 Å². The number of aliphatic carboxylic acids is 1. The van der Waals surface area contributed by atoms with Crippen LogP contribution < -0.4 is 0 Å². The third-order valence-electron chi connectivity index (χ3n) is 2.56. The molecule has 0 bridgehead atoms. The van der Waals surface area contributed by atoms with Crippen LogP contribution in [0.25, 0.3) is 10.9 Å². The quantitative estimate of drug-likeness (QED) is 0.869. The molecule has 1 N–H and O–H groups in total. The molecule has 4 nitrogen and oxygen atoms in total. The van der Waals surface area contributed by atoms with Gasteiger partial charge in [0.25, 0.3) is 0 Å². The molecule has 0 aliphatic rings. The number of pyridine rings is 1. The van der Waals surface area contributed by atoms with E-state index in [0.29, 0.717) is 6.54 Å². The summed E-state index contributed by atoms with van der Waals surface area (Å²) in [5, 5.41) is 9.80. The zero-order valence-corrected chi connectivity index (χ0v) is 9.63. The predicted molar refractivity (Wildman–Crippen MR) is 65.7 cm³/mol. The molecule has 17 heavy (non-hydrogen) atoms. The summed E-state index contributed by atoms with van der Waals surface area (Å²) in [5.41, 5.74) is 1.99. The lowest BCUT2D eigenvalue weighted by Gasteiger charge is -2.14. The second kappa shape index (κ2) is 4.93. The zero-order chi connectivity index (χ0) is 12.3. The van der Waals surface area contributed by atoms with Crippen LogP contribution in [0.4, 0.5) is 0 Å². The third kappa shape index (κ3) is 2.79. The average Bonchev–Trinajstić information content (AvgIpc) is 2.28. The minimum absolute atomic E-state index is 0.0310. The number of carboxylic acids is 1. The maximum Gasteiger partial charge on any atom is 0.317 e. The third-order valence-corrected chi connectivity index (χ3v) is 2.56. The summed E-state index contributed by atoms with van der Waals surface area (Å²) < 4.78 is 0. The van der Waals surface area contributed by atoms with Crippen LogP contribution in [0.15, 0.2) is 36.5 Å². The fourth-order valence-corrected chi connectivity index (χ4v) is 1.87. The average molecular weight is 230 g/mol. The largest absolute Gasteiger partial charge is 0.480 e. The molecule has 0 atom stereocenters. The van der Waals surface area contributed by atoms with Crippen molar-refractivity contribution in [3.8, 4) is 0 Å². The van der Waals surface area contributed by atoms with Gasteiger partial charge in [0.2, 0.25) is 0 Å². The summed E-state index contributed by atoms with van der Waals surface area (Å²) in [6.07, 6.45) is 1.75. The topological polar surface area (TPSA) is 53.4 Å². The first kappa shape index (κ1) is 11.5. The molecular formula is C13H14N2O2. The van der Waals surface area contributed by atoms with Crippen LogP contribution in [0.1, 0.15) is 5.56 Å². The molecule has 0 spiro atoms. The van der Waals surface area contributed by atoms with Gasteiger partial charge in [-0.15, -0.1) is 0 Å². The first-order chi connectivity index (χ1) is 8.16. The Morgan fingerprint density at radius 3 is 2.88 bits per heavy atom. The van der Waals surface area contributed by atoms with Crippen LogP contribution in [0.2, 0.25) is 0 Å². The van der Waals surface area contributed by atoms with Gasteiger partial charge in [0.05, 0.1) is 12.1 Å². The Morgan fingerprint density at radius 1 is 1.35 bits per heavy atom. The maximum absolute atomic E-state index is 10.6. The molecular weight excluding hydrogens is 216 g/mol. The van der Waals surface area contributed by atoms with E-state index < -0.39 is 5.97 Å². The number of benzene rings is 1.